The van der Waals surface area contributed by atoms with E-state index in [4.69, 9.17) is 0 Å². The lowest BCUT2D eigenvalue weighted by Crippen LogP contribution is -2.28. The fourth-order valence-corrected chi connectivity index (χ4v) is 2.05. The van der Waals surface area contributed by atoms with Gasteiger partial charge in [-0.05, 0) is 31.5 Å². The van der Waals surface area contributed by atoms with Gasteiger partial charge in [-0.3, -0.25) is 4.68 Å². The molecule has 1 aromatic heterocycles. The second-order valence-corrected chi connectivity index (χ2v) is 5.02. The molecule has 0 saturated heterocycles. The van der Waals surface area contributed by atoms with E-state index in [1.165, 1.54) is 0 Å². The molecule has 1 aromatic carbocycles. The van der Waals surface area contributed by atoms with Crippen LogP contribution < -0.4 is 10.6 Å². The van der Waals surface area contributed by atoms with Gasteiger partial charge in [-0.25, -0.2) is 4.79 Å². The number of nitrogens with one attached hydrogen (secondary N) is 2. The summed E-state index contributed by atoms with van der Waals surface area (Å²) in [4.78, 5) is 11.9. The highest BCUT2D eigenvalue weighted by Crippen LogP contribution is 2.16. The van der Waals surface area contributed by atoms with Crippen LogP contribution in [0, 0.1) is 6.92 Å². The van der Waals surface area contributed by atoms with Gasteiger partial charge in [0.15, 0.2) is 0 Å². The van der Waals surface area contributed by atoms with Gasteiger partial charge in [0.1, 0.15) is 0 Å². The van der Waals surface area contributed by atoms with Crippen molar-refractivity contribution in [3.63, 3.8) is 0 Å². The van der Waals surface area contributed by atoms with Crippen molar-refractivity contribution in [3.05, 3.63) is 47.3 Å². The first-order valence-corrected chi connectivity index (χ1v) is 6.77. The maximum atomic E-state index is 11.9. The number of urea groups is 1. The highest BCUT2D eigenvalue weighted by Gasteiger charge is 2.07. The zero-order valence-corrected chi connectivity index (χ0v) is 12.4. The minimum atomic E-state index is -0.562. The Kier molecular flexibility index (Phi) is 4.59. The Labute approximate surface area is 123 Å². The summed E-state index contributed by atoms with van der Waals surface area (Å²) in [5, 5.41) is 19.3. The average Bonchev–Trinajstić information content (AvgIpc) is 2.75. The number of rotatable bonds is 4. The van der Waals surface area contributed by atoms with E-state index in [0.717, 1.165) is 16.8 Å². The minimum absolute atomic E-state index is 0.291. The van der Waals surface area contributed by atoms with Crippen LogP contribution >= 0.6 is 0 Å². The molecule has 0 spiro atoms. The smallest absolute Gasteiger partial charge is 0.319 e. The van der Waals surface area contributed by atoms with Gasteiger partial charge in [-0.1, -0.05) is 12.1 Å². The highest BCUT2D eigenvalue weighted by molar-refractivity contribution is 5.89. The normalized spacial score (nSPS) is 12.0. The van der Waals surface area contributed by atoms with E-state index in [2.05, 4.69) is 15.7 Å². The zero-order valence-electron chi connectivity index (χ0n) is 12.4. The molecule has 0 aliphatic rings. The van der Waals surface area contributed by atoms with E-state index in [0.29, 0.717) is 12.2 Å². The molecule has 0 saturated carbocycles. The number of aryl methyl sites for hydroxylation is 2. The number of amides is 2. The van der Waals surface area contributed by atoms with Crippen molar-refractivity contribution in [2.45, 2.75) is 26.5 Å². The fraction of sp³-hybridized carbons (Fsp3) is 0.333. The molecule has 6 nitrogen and oxygen atoms in total. The molecule has 1 unspecified atom stereocenters. The maximum absolute atomic E-state index is 11.9. The highest BCUT2D eigenvalue weighted by atomic mass is 16.3. The SMILES string of the molecule is Cc1nn(C)cc1CNC(=O)Nc1cccc(C(C)O)c1. The van der Waals surface area contributed by atoms with E-state index < -0.39 is 6.10 Å². The lowest BCUT2D eigenvalue weighted by atomic mass is 10.1. The van der Waals surface area contributed by atoms with Crippen molar-refractivity contribution in [1.82, 2.24) is 15.1 Å². The molecule has 3 N–H and O–H groups in total. The molecule has 0 aliphatic heterocycles. The largest absolute Gasteiger partial charge is 0.389 e. The average molecular weight is 288 g/mol. The number of carbonyl (C=O) groups is 1. The first-order valence-electron chi connectivity index (χ1n) is 6.77. The molecule has 1 atom stereocenters. The Morgan fingerprint density at radius 3 is 2.86 bits per heavy atom. The summed E-state index contributed by atoms with van der Waals surface area (Å²) in [6.45, 7) is 4.01. The predicted octanol–water partition coefficient (Wildman–Crippen LogP) is 2.10. The molecule has 112 valence electrons. The predicted molar refractivity (Wildman–Crippen MR) is 80.9 cm³/mol. The number of benzene rings is 1. The standard InChI is InChI=1S/C15H20N4O2/c1-10-13(9-19(3)18-10)8-16-15(21)17-14-6-4-5-12(7-14)11(2)20/h4-7,9,11,20H,8H2,1-3H3,(H2,16,17,21). The van der Waals surface area contributed by atoms with E-state index in [1.54, 1.807) is 29.8 Å². The summed E-state index contributed by atoms with van der Waals surface area (Å²) in [5.41, 5.74) is 3.28. The maximum Gasteiger partial charge on any atom is 0.319 e. The third-order valence-corrected chi connectivity index (χ3v) is 3.18. The quantitative estimate of drug-likeness (QED) is 0.806. The number of hydrogen-bond donors (Lipinski definition) is 3. The van der Waals surface area contributed by atoms with Crippen LogP contribution in [0.15, 0.2) is 30.5 Å². The second-order valence-electron chi connectivity index (χ2n) is 5.02. The summed E-state index contributed by atoms with van der Waals surface area (Å²) < 4.78 is 1.72. The molecule has 21 heavy (non-hydrogen) atoms. The lowest BCUT2D eigenvalue weighted by molar-refractivity contribution is 0.199. The molecule has 0 radical (unpaired) electrons. The molecule has 2 aromatic rings. The summed E-state index contributed by atoms with van der Waals surface area (Å²) >= 11 is 0. The Morgan fingerprint density at radius 2 is 2.24 bits per heavy atom. The lowest BCUT2D eigenvalue weighted by Gasteiger charge is -2.10. The molecular formula is C15H20N4O2. The molecule has 0 aliphatic carbocycles. The van der Waals surface area contributed by atoms with Crippen molar-refractivity contribution >= 4 is 11.7 Å². The van der Waals surface area contributed by atoms with Crippen molar-refractivity contribution in [3.8, 4) is 0 Å². The molecular weight excluding hydrogens is 268 g/mol. The van der Waals surface area contributed by atoms with Gasteiger partial charge in [0, 0.05) is 31.0 Å². The fourth-order valence-electron chi connectivity index (χ4n) is 2.05. The second kappa shape index (κ2) is 6.41. The third-order valence-electron chi connectivity index (χ3n) is 3.18. The van der Waals surface area contributed by atoms with Gasteiger partial charge in [0.05, 0.1) is 11.8 Å². The number of nitrogens with zero attached hydrogens (tertiary/aromatic N) is 2. The number of aliphatic hydroxyl groups excluding tert-OH is 1. The van der Waals surface area contributed by atoms with Crippen LogP contribution in [-0.4, -0.2) is 20.9 Å². The molecule has 1 heterocycles. The summed E-state index contributed by atoms with van der Waals surface area (Å²) in [7, 11) is 1.85. The zero-order chi connectivity index (χ0) is 15.4. The van der Waals surface area contributed by atoms with Crippen LogP contribution in [0.2, 0.25) is 0 Å². The molecule has 0 bridgehead atoms. The van der Waals surface area contributed by atoms with Crippen molar-refractivity contribution in [2.75, 3.05) is 5.32 Å². The Balaban J connectivity index is 1.93. The minimum Gasteiger partial charge on any atom is -0.389 e. The van der Waals surface area contributed by atoms with E-state index in [9.17, 15) is 9.90 Å². The van der Waals surface area contributed by atoms with Gasteiger partial charge in [-0.15, -0.1) is 0 Å². The Bertz CT molecular complexity index is 634. The van der Waals surface area contributed by atoms with Gasteiger partial charge >= 0.3 is 6.03 Å². The van der Waals surface area contributed by atoms with Crippen LogP contribution in [0.4, 0.5) is 10.5 Å². The molecule has 0 fully saturated rings. The van der Waals surface area contributed by atoms with Crippen LogP contribution in [0.3, 0.4) is 0 Å². The van der Waals surface area contributed by atoms with E-state index in [-0.39, 0.29) is 6.03 Å². The van der Waals surface area contributed by atoms with E-state index >= 15 is 0 Å². The number of aliphatic hydroxyl groups is 1. The number of carbonyl (C=O) groups excluding carboxylic acids is 1. The number of hydrogen-bond acceptors (Lipinski definition) is 3. The number of anilines is 1. The topological polar surface area (TPSA) is 79.2 Å². The van der Waals surface area contributed by atoms with Gasteiger partial charge in [0.2, 0.25) is 0 Å². The first-order chi connectivity index (χ1) is 9.95. The van der Waals surface area contributed by atoms with Crippen LogP contribution in [0.25, 0.3) is 0 Å². The monoisotopic (exact) mass is 288 g/mol. The third kappa shape index (κ3) is 4.06. The van der Waals surface area contributed by atoms with Gasteiger partial charge < -0.3 is 15.7 Å². The van der Waals surface area contributed by atoms with Crippen molar-refractivity contribution in [1.29, 1.82) is 0 Å². The van der Waals surface area contributed by atoms with Crippen LogP contribution in [0.1, 0.15) is 29.8 Å². The number of aromatic nitrogens is 2. The molecule has 6 heteroatoms. The first kappa shape index (κ1) is 15.1. The van der Waals surface area contributed by atoms with Crippen LogP contribution in [-0.2, 0) is 13.6 Å². The molecule has 2 amide bonds. The van der Waals surface area contributed by atoms with E-state index in [1.807, 2.05) is 26.2 Å². The summed E-state index contributed by atoms with van der Waals surface area (Å²) in [5.74, 6) is 0. The van der Waals surface area contributed by atoms with Crippen molar-refractivity contribution < 1.29 is 9.90 Å². The summed E-state index contributed by atoms with van der Waals surface area (Å²) in [6, 6.07) is 6.84. The van der Waals surface area contributed by atoms with Crippen LogP contribution in [0.5, 0.6) is 0 Å². The van der Waals surface area contributed by atoms with Crippen molar-refractivity contribution in [2.24, 2.45) is 7.05 Å². The Morgan fingerprint density at radius 1 is 1.48 bits per heavy atom. The van der Waals surface area contributed by atoms with Gasteiger partial charge in [-0.2, -0.15) is 5.10 Å². The molecule has 2 rings (SSSR count). The Hall–Kier alpha value is -2.34. The van der Waals surface area contributed by atoms with Gasteiger partial charge in [0.25, 0.3) is 0 Å². The summed E-state index contributed by atoms with van der Waals surface area (Å²) in [6.07, 6.45) is 1.32.